The molecule has 1 heterocycles. The van der Waals surface area contributed by atoms with Crippen LogP contribution in [0.4, 0.5) is 5.69 Å². The van der Waals surface area contributed by atoms with Crippen molar-refractivity contribution in [2.75, 3.05) is 6.54 Å². The molecule has 1 aromatic rings. The quantitative estimate of drug-likeness (QED) is 0.363. The van der Waals surface area contributed by atoms with Crippen LogP contribution in [0.15, 0.2) is 18.2 Å². The van der Waals surface area contributed by atoms with Gasteiger partial charge in [0.05, 0.1) is 10.5 Å². The average molecular weight is 306 g/mol. The molecule has 2 amide bonds. The molecule has 1 aliphatic rings. The van der Waals surface area contributed by atoms with E-state index in [0.717, 1.165) is 6.07 Å². The van der Waals surface area contributed by atoms with Crippen molar-refractivity contribution in [2.24, 2.45) is 0 Å². The number of fused-ring (bicyclic) bond motifs is 1. The van der Waals surface area contributed by atoms with Crippen molar-refractivity contribution in [1.82, 2.24) is 4.90 Å². The van der Waals surface area contributed by atoms with Gasteiger partial charge in [0.2, 0.25) is 0 Å². The first-order valence-electron chi connectivity index (χ1n) is 6.47. The Morgan fingerprint density at radius 3 is 2.45 bits per heavy atom. The molecule has 0 aliphatic carbocycles. The maximum Gasteiger partial charge on any atom is 0.326 e. The van der Waals surface area contributed by atoms with Gasteiger partial charge in [0.1, 0.15) is 17.7 Å². The second-order valence-corrected chi connectivity index (χ2v) is 5.74. The first-order valence-corrected chi connectivity index (χ1v) is 6.47. The van der Waals surface area contributed by atoms with Gasteiger partial charge in [-0.2, -0.15) is 0 Å². The number of hydrogen-bond donors (Lipinski definition) is 0. The van der Waals surface area contributed by atoms with Crippen LogP contribution in [0.2, 0.25) is 0 Å². The number of amides is 2. The van der Waals surface area contributed by atoms with Crippen molar-refractivity contribution in [3.05, 3.63) is 39.4 Å². The minimum absolute atomic E-state index is 0.0808. The third-order valence-electron chi connectivity index (χ3n) is 2.88. The lowest BCUT2D eigenvalue weighted by molar-refractivity contribution is -0.385. The molecule has 1 aliphatic heterocycles. The van der Waals surface area contributed by atoms with E-state index in [1.165, 1.54) is 12.1 Å². The fourth-order valence-electron chi connectivity index (χ4n) is 2.11. The van der Waals surface area contributed by atoms with E-state index in [4.69, 9.17) is 4.74 Å². The molecular formula is C14H14N2O6. The van der Waals surface area contributed by atoms with Crippen LogP contribution in [-0.4, -0.2) is 39.8 Å². The van der Waals surface area contributed by atoms with E-state index in [0.29, 0.717) is 4.90 Å². The molecule has 0 atom stereocenters. The van der Waals surface area contributed by atoms with Crippen molar-refractivity contribution < 1.29 is 24.0 Å². The molecule has 0 spiro atoms. The van der Waals surface area contributed by atoms with Crippen molar-refractivity contribution in [3.8, 4) is 0 Å². The standard InChI is InChI=1S/C14H14N2O6/c1-14(2,3)22-10(17)7-15-12(18)8-5-4-6-9(16(20)21)11(8)13(15)19/h4-6H,7H2,1-3H3. The Morgan fingerprint density at radius 1 is 1.27 bits per heavy atom. The molecule has 0 bridgehead atoms. The molecule has 116 valence electrons. The zero-order valence-electron chi connectivity index (χ0n) is 12.3. The highest BCUT2D eigenvalue weighted by Crippen LogP contribution is 2.30. The molecule has 0 aromatic heterocycles. The number of imide groups is 1. The highest BCUT2D eigenvalue weighted by atomic mass is 16.6. The van der Waals surface area contributed by atoms with Gasteiger partial charge in [-0.05, 0) is 26.8 Å². The highest BCUT2D eigenvalue weighted by molar-refractivity contribution is 6.24. The number of hydrogen-bond acceptors (Lipinski definition) is 6. The van der Waals surface area contributed by atoms with Crippen LogP contribution in [0.5, 0.6) is 0 Å². The van der Waals surface area contributed by atoms with Gasteiger partial charge in [-0.1, -0.05) is 6.07 Å². The van der Waals surface area contributed by atoms with E-state index >= 15 is 0 Å². The summed E-state index contributed by atoms with van der Waals surface area (Å²) in [7, 11) is 0. The zero-order valence-corrected chi connectivity index (χ0v) is 12.3. The molecule has 22 heavy (non-hydrogen) atoms. The number of nitro groups is 1. The van der Waals surface area contributed by atoms with E-state index < -0.39 is 40.5 Å². The van der Waals surface area contributed by atoms with E-state index in [9.17, 15) is 24.5 Å². The summed E-state index contributed by atoms with van der Waals surface area (Å²) in [5.74, 6) is -2.36. The summed E-state index contributed by atoms with van der Waals surface area (Å²) in [5.41, 5.74) is -1.59. The lowest BCUT2D eigenvalue weighted by Gasteiger charge is -2.21. The molecule has 2 rings (SSSR count). The Kier molecular flexibility index (Phi) is 3.70. The Balaban J connectivity index is 2.30. The van der Waals surface area contributed by atoms with Crippen LogP contribution in [-0.2, 0) is 9.53 Å². The third kappa shape index (κ3) is 2.80. The minimum Gasteiger partial charge on any atom is -0.459 e. The number of carbonyl (C=O) groups is 3. The topological polar surface area (TPSA) is 107 Å². The molecule has 8 nitrogen and oxygen atoms in total. The maximum absolute atomic E-state index is 12.2. The van der Waals surface area contributed by atoms with Crippen molar-refractivity contribution in [1.29, 1.82) is 0 Å². The zero-order chi connectivity index (χ0) is 16.7. The molecule has 0 saturated heterocycles. The maximum atomic E-state index is 12.2. The molecule has 0 saturated carbocycles. The molecule has 1 aromatic carbocycles. The van der Waals surface area contributed by atoms with Gasteiger partial charge in [0.25, 0.3) is 17.5 Å². The summed E-state index contributed by atoms with van der Waals surface area (Å²) >= 11 is 0. The van der Waals surface area contributed by atoms with E-state index in [1.54, 1.807) is 20.8 Å². The smallest absolute Gasteiger partial charge is 0.326 e. The van der Waals surface area contributed by atoms with Crippen molar-refractivity contribution in [3.63, 3.8) is 0 Å². The van der Waals surface area contributed by atoms with Gasteiger partial charge in [-0.3, -0.25) is 29.4 Å². The Labute approximate surface area is 125 Å². The molecule has 8 heteroatoms. The fourth-order valence-corrected chi connectivity index (χ4v) is 2.11. The van der Waals surface area contributed by atoms with Gasteiger partial charge in [0, 0.05) is 6.07 Å². The van der Waals surface area contributed by atoms with Gasteiger partial charge in [-0.15, -0.1) is 0 Å². The number of esters is 1. The van der Waals surface area contributed by atoms with Gasteiger partial charge >= 0.3 is 5.97 Å². The van der Waals surface area contributed by atoms with Crippen molar-refractivity contribution in [2.45, 2.75) is 26.4 Å². The second kappa shape index (κ2) is 5.21. The summed E-state index contributed by atoms with van der Waals surface area (Å²) < 4.78 is 5.05. The van der Waals surface area contributed by atoms with Gasteiger partial charge < -0.3 is 4.74 Å². The van der Waals surface area contributed by atoms with Crippen LogP contribution in [0, 0.1) is 10.1 Å². The Hall–Kier alpha value is -2.77. The van der Waals surface area contributed by atoms with E-state index in [-0.39, 0.29) is 11.1 Å². The predicted molar refractivity (Wildman–Crippen MR) is 74.3 cm³/mol. The largest absolute Gasteiger partial charge is 0.459 e. The number of benzene rings is 1. The summed E-state index contributed by atoms with van der Waals surface area (Å²) in [5, 5.41) is 11.0. The lowest BCUT2D eigenvalue weighted by Crippen LogP contribution is -2.38. The normalized spacial score (nSPS) is 14.0. The van der Waals surface area contributed by atoms with Crippen LogP contribution >= 0.6 is 0 Å². The van der Waals surface area contributed by atoms with Crippen molar-refractivity contribution >= 4 is 23.5 Å². The summed E-state index contributed by atoms with van der Waals surface area (Å²) in [6, 6.07) is 3.78. The van der Waals surface area contributed by atoms with Gasteiger partial charge in [0.15, 0.2) is 0 Å². The lowest BCUT2D eigenvalue weighted by atomic mass is 10.1. The van der Waals surface area contributed by atoms with Gasteiger partial charge in [-0.25, -0.2) is 0 Å². The predicted octanol–water partition coefficient (Wildman–Crippen LogP) is 1.53. The van der Waals surface area contributed by atoms with Crippen LogP contribution in [0.25, 0.3) is 0 Å². The molecule has 0 fully saturated rings. The molecular weight excluding hydrogens is 292 g/mol. The Morgan fingerprint density at radius 2 is 1.91 bits per heavy atom. The number of ether oxygens (including phenoxy) is 1. The van der Waals surface area contributed by atoms with Crippen LogP contribution in [0.1, 0.15) is 41.5 Å². The Bertz CT molecular complexity index is 689. The average Bonchev–Trinajstić information content (AvgIpc) is 2.62. The molecule has 0 N–H and O–H groups in total. The third-order valence-corrected chi connectivity index (χ3v) is 2.88. The fraction of sp³-hybridized carbons (Fsp3) is 0.357. The summed E-state index contributed by atoms with van der Waals surface area (Å²) in [6.07, 6.45) is 0. The van der Waals surface area contributed by atoms with Crippen LogP contribution in [0.3, 0.4) is 0 Å². The second-order valence-electron chi connectivity index (χ2n) is 5.74. The molecule has 0 radical (unpaired) electrons. The van der Waals surface area contributed by atoms with E-state index in [2.05, 4.69) is 0 Å². The number of rotatable bonds is 3. The van der Waals surface area contributed by atoms with E-state index in [1.807, 2.05) is 0 Å². The summed E-state index contributed by atoms with van der Waals surface area (Å²) in [4.78, 5) is 47.0. The SMILES string of the molecule is CC(C)(C)OC(=O)CN1C(=O)c2cccc([N+](=O)[O-])c2C1=O. The number of nitro benzene ring substituents is 1. The first-order chi connectivity index (χ1) is 10.1. The number of carbonyl (C=O) groups excluding carboxylic acids is 3. The monoisotopic (exact) mass is 306 g/mol. The van der Waals surface area contributed by atoms with Crippen LogP contribution < -0.4 is 0 Å². The first kappa shape index (κ1) is 15.6. The number of nitrogens with zero attached hydrogens (tertiary/aromatic N) is 2. The summed E-state index contributed by atoms with van der Waals surface area (Å²) in [6.45, 7) is 4.37. The molecule has 0 unspecified atom stereocenters. The highest BCUT2D eigenvalue weighted by Gasteiger charge is 2.42. The minimum atomic E-state index is -0.863.